The minimum Gasteiger partial charge on any atom is -0.487 e. The van der Waals surface area contributed by atoms with Gasteiger partial charge in [-0.05, 0) is 30.7 Å². The number of hydrogen-bond donors (Lipinski definition) is 1. The standard InChI is InChI=1S/C15H18N2O2/c1-11(16)12-5-3-7-14(9-12)19-10-13-6-4-8-15(17-13)18-2/h3-9,11H,10,16H2,1-2H3/t11-/m0/s1. The van der Waals surface area contributed by atoms with E-state index in [2.05, 4.69) is 4.98 Å². The Kier molecular flexibility index (Phi) is 4.36. The molecule has 2 aromatic rings. The summed E-state index contributed by atoms with van der Waals surface area (Å²) < 4.78 is 10.8. The lowest BCUT2D eigenvalue weighted by atomic mass is 10.1. The molecule has 1 heterocycles. The first kappa shape index (κ1) is 13.4. The van der Waals surface area contributed by atoms with E-state index in [1.165, 1.54) is 0 Å². The van der Waals surface area contributed by atoms with E-state index in [0.717, 1.165) is 17.0 Å². The second-order valence-electron chi connectivity index (χ2n) is 4.32. The average molecular weight is 258 g/mol. The first-order valence-corrected chi connectivity index (χ1v) is 6.17. The van der Waals surface area contributed by atoms with Crippen molar-refractivity contribution in [3.05, 3.63) is 53.7 Å². The van der Waals surface area contributed by atoms with Crippen LogP contribution in [0.1, 0.15) is 24.2 Å². The highest BCUT2D eigenvalue weighted by atomic mass is 16.5. The van der Waals surface area contributed by atoms with Gasteiger partial charge in [-0.3, -0.25) is 0 Å². The monoisotopic (exact) mass is 258 g/mol. The Morgan fingerprint density at radius 2 is 2.00 bits per heavy atom. The van der Waals surface area contributed by atoms with Crippen LogP contribution in [0.5, 0.6) is 11.6 Å². The summed E-state index contributed by atoms with van der Waals surface area (Å²) in [6, 6.07) is 13.4. The fourth-order valence-electron chi connectivity index (χ4n) is 1.70. The zero-order valence-corrected chi connectivity index (χ0v) is 11.2. The number of benzene rings is 1. The summed E-state index contributed by atoms with van der Waals surface area (Å²) in [5.41, 5.74) is 7.72. The molecule has 4 heteroatoms. The molecule has 0 spiro atoms. The van der Waals surface area contributed by atoms with Crippen molar-refractivity contribution in [1.29, 1.82) is 0 Å². The molecule has 0 aliphatic heterocycles. The van der Waals surface area contributed by atoms with Crippen LogP contribution in [0, 0.1) is 0 Å². The highest BCUT2D eigenvalue weighted by Gasteiger charge is 2.03. The predicted molar refractivity (Wildman–Crippen MR) is 74.2 cm³/mol. The maximum Gasteiger partial charge on any atom is 0.213 e. The van der Waals surface area contributed by atoms with E-state index in [1.807, 2.05) is 43.3 Å². The minimum atomic E-state index is -0.00139. The summed E-state index contributed by atoms with van der Waals surface area (Å²) in [4.78, 5) is 4.29. The lowest BCUT2D eigenvalue weighted by Gasteiger charge is -2.10. The third-order valence-corrected chi connectivity index (χ3v) is 2.76. The zero-order chi connectivity index (χ0) is 13.7. The van der Waals surface area contributed by atoms with Crippen molar-refractivity contribution in [3.8, 4) is 11.6 Å². The molecular formula is C15H18N2O2. The van der Waals surface area contributed by atoms with Crippen molar-refractivity contribution >= 4 is 0 Å². The van der Waals surface area contributed by atoms with Gasteiger partial charge >= 0.3 is 0 Å². The molecule has 100 valence electrons. The topological polar surface area (TPSA) is 57.4 Å². The Morgan fingerprint density at radius 1 is 1.21 bits per heavy atom. The minimum absolute atomic E-state index is 0.00139. The van der Waals surface area contributed by atoms with E-state index in [4.69, 9.17) is 15.2 Å². The number of ether oxygens (including phenoxy) is 2. The summed E-state index contributed by atoms with van der Waals surface area (Å²) in [5.74, 6) is 1.38. The van der Waals surface area contributed by atoms with Gasteiger partial charge in [-0.2, -0.15) is 0 Å². The van der Waals surface area contributed by atoms with Gasteiger partial charge in [-0.15, -0.1) is 0 Å². The summed E-state index contributed by atoms with van der Waals surface area (Å²) in [5, 5.41) is 0. The van der Waals surface area contributed by atoms with Gasteiger partial charge in [-0.25, -0.2) is 4.98 Å². The molecule has 0 fully saturated rings. The van der Waals surface area contributed by atoms with Crippen LogP contribution in [0.15, 0.2) is 42.5 Å². The normalized spacial score (nSPS) is 11.9. The van der Waals surface area contributed by atoms with Crippen molar-refractivity contribution in [3.63, 3.8) is 0 Å². The Morgan fingerprint density at radius 3 is 2.74 bits per heavy atom. The van der Waals surface area contributed by atoms with Crippen molar-refractivity contribution in [1.82, 2.24) is 4.98 Å². The lowest BCUT2D eigenvalue weighted by molar-refractivity contribution is 0.297. The van der Waals surface area contributed by atoms with E-state index >= 15 is 0 Å². The molecule has 0 aliphatic rings. The van der Waals surface area contributed by atoms with Crippen LogP contribution >= 0.6 is 0 Å². The lowest BCUT2D eigenvalue weighted by Crippen LogP contribution is -2.05. The van der Waals surface area contributed by atoms with Crippen LogP contribution in [0.2, 0.25) is 0 Å². The fraction of sp³-hybridized carbons (Fsp3) is 0.267. The van der Waals surface area contributed by atoms with Gasteiger partial charge < -0.3 is 15.2 Å². The fourth-order valence-corrected chi connectivity index (χ4v) is 1.70. The Labute approximate surface area is 113 Å². The smallest absolute Gasteiger partial charge is 0.213 e. The maximum atomic E-state index is 5.84. The molecule has 1 aromatic heterocycles. The molecule has 0 saturated heterocycles. The van der Waals surface area contributed by atoms with Gasteiger partial charge in [0.15, 0.2) is 0 Å². The quantitative estimate of drug-likeness (QED) is 0.895. The SMILES string of the molecule is COc1cccc(COc2cccc([C@H](C)N)c2)n1. The third-order valence-electron chi connectivity index (χ3n) is 2.76. The van der Waals surface area contributed by atoms with E-state index < -0.39 is 0 Å². The molecule has 0 amide bonds. The number of aromatic nitrogens is 1. The van der Waals surface area contributed by atoms with Crippen molar-refractivity contribution in [2.24, 2.45) is 5.73 Å². The van der Waals surface area contributed by atoms with Crippen molar-refractivity contribution < 1.29 is 9.47 Å². The van der Waals surface area contributed by atoms with Crippen LogP contribution in [0.4, 0.5) is 0 Å². The van der Waals surface area contributed by atoms with Crippen molar-refractivity contribution in [2.75, 3.05) is 7.11 Å². The Balaban J connectivity index is 2.03. The Bertz CT molecular complexity index is 541. The van der Waals surface area contributed by atoms with Gasteiger partial charge in [0.2, 0.25) is 5.88 Å². The molecule has 2 rings (SSSR count). The molecular weight excluding hydrogens is 240 g/mol. The number of nitrogens with two attached hydrogens (primary N) is 1. The summed E-state index contributed by atoms with van der Waals surface area (Å²) >= 11 is 0. The first-order chi connectivity index (χ1) is 9.19. The molecule has 2 N–H and O–H groups in total. The van der Waals surface area contributed by atoms with Gasteiger partial charge in [-0.1, -0.05) is 18.2 Å². The molecule has 0 radical (unpaired) electrons. The van der Waals surface area contributed by atoms with Crippen LogP contribution in [0.25, 0.3) is 0 Å². The molecule has 0 unspecified atom stereocenters. The number of pyridine rings is 1. The molecule has 19 heavy (non-hydrogen) atoms. The van der Waals surface area contributed by atoms with Crippen LogP contribution < -0.4 is 15.2 Å². The largest absolute Gasteiger partial charge is 0.487 e. The predicted octanol–water partition coefficient (Wildman–Crippen LogP) is 2.69. The second kappa shape index (κ2) is 6.20. The zero-order valence-electron chi connectivity index (χ0n) is 11.2. The number of nitrogens with zero attached hydrogens (tertiary/aromatic N) is 1. The van der Waals surface area contributed by atoms with Crippen molar-refractivity contribution in [2.45, 2.75) is 19.6 Å². The summed E-state index contributed by atoms with van der Waals surface area (Å²) in [7, 11) is 1.60. The van der Waals surface area contributed by atoms with E-state index in [9.17, 15) is 0 Å². The molecule has 1 aromatic carbocycles. The molecule has 0 aliphatic carbocycles. The van der Waals surface area contributed by atoms with Crippen LogP contribution in [-0.4, -0.2) is 12.1 Å². The highest BCUT2D eigenvalue weighted by Crippen LogP contribution is 2.18. The highest BCUT2D eigenvalue weighted by molar-refractivity contribution is 5.30. The maximum absolute atomic E-state index is 5.84. The van der Waals surface area contributed by atoms with Crippen LogP contribution in [0.3, 0.4) is 0 Å². The first-order valence-electron chi connectivity index (χ1n) is 6.17. The van der Waals surface area contributed by atoms with E-state index in [1.54, 1.807) is 13.2 Å². The van der Waals surface area contributed by atoms with E-state index in [-0.39, 0.29) is 6.04 Å². The number of rotatable bonds is 5. The number of hydrogen-bond acceptors (Lipinski definition) is 4. The van der Waals surface area contributed by atoms with Gasteiger partial charge in [0.05, 0.1) is 12.8 Å². The van der Waals surface area contributed by atoms with Crippen LogP contribution in [-0.2, 0) is 6.61 Å². The number of methoxy groups -OCH3 is 1. The van der Waals surface area contributed by atoms with Gasteiger partial charge in [0, 0.05) is 12.1 Å². The summed E-state index contributed by atoms with van der Waals surface area (Å²) in [6.45, 7) is 2.35. The molecule has 0 bridgehead atoms. The molecule has 1 atom stereocenters. The van der Waals surface area contributed by atoms with E-state index in [0.29, 0.717) is 12.5 Å². The third kappa shape index (κ3) is 3.69. The Hall–Kier alpha value is -2.07. The molecule has 0 saturated carbocycles. The second-order valence-corrected chi connectivity index (χ2v) is 4.32. The van der Waals surface area contributed by atoms with Gasteiger partial charge in [0.1, 0.15) is 12.4 Å². The van der Waals surface area contributed by atoms with Gasteiger partial charge in [0.25, 0.3) is 0 Å². The summed E-state index contributed by atoms with van der Waals surface area (Å²) in [6.07, 6.45) is 0. The average Bonchev–Trinajstić information content (AvgIpc) is 2.45. The molecule has 4 nitrogen and oxygen atoms in total.